The molecule has 1 amide bonds. The molecule has 1 aliphatic rings. The molecule has 2 nitrogen and oxygen atoms in total. The first-order valence-corrected chi connectivity index (χ1v) is 6.98. The summed E-state index contributed by atoms with van der Waals surface area (Å²) < 4.78 is 26.3. The monoisotopic (exact) mass is 287 g/mol. The molecule has 108 valence electrons. The van der Waals surface area contributed by atoms with Crippen molar-refractivity contribution in [3.63, 3.8) is 0 Å². The lowest BCUT2D eigenvalue weighted by Crippen LogP contribution is -2.30. The summed E-state index contributed by atoms with van der Waals surface area (Å²) in [5.41, 5.74) is 1.27. The maximum atomic E-state index is 13.3. The van der Waals surface area contributed by atoms with E-state index in [1.165, 1.54) is 6.07 Å². The predicted octanol–water partition coefficient (Wildman–Crippen LogP) is 3.94. The third kappa shape index (κ3) is 2.66. The second-order valence-corrected chi connectivity index (χ2v) is 5.20. The topological polar surface area (TPSA) is 20.3 Å². The summed E-state index contributed by atoms with van der Waals surface area (Å²) in [5, 5.41) is 0. The van der Waals surface area contributed by atoms with Gasteiger partial charge < -0.3 is 4.90 Å². The first-order chi connectivity index (χ1) is 10.2. The average Bonchev–Trinajstić information content (AvgIpc) is 2.99. The number of rotatable bonds is 2. The van der Waals surface area contributed by atoms with Crippen molar-refractivity contribution < 1.29 is 13.6 Å². The van der Waals surface area contributed by atoms with E-state index in [9.17, 15) is 13.6 Å². The lowest BCUT2D eigenvalue weighted by molar-refractivity contribution is 0.0735. The van der Waals surface area contributed by atoms with Crippen molar-refractivity contribution >= 4 is 5.91 Å². The van der Waals surface area contributed by atoms with Crippen LogP contribution in [-0.2, 0) is 0 Å². The highest BCUT2D eigenvalue weighted by Gasteiger charge is 2.30. The normalized spacial score (nSPS) is 18.0. The van der Waals surface area contributed by atoms with Crippen molar-refractivity contribution in [2.24, 2.45) is 0 Å². The van der Waals surface area contributed by atoms with Crippen LogP contribution in [0.5, 0.6) is 0 Å². The minimum absolute atomic E-state index is 0.00631. The van der Waals surface area contributed by atoms with Gasteiger partial charge in [-0.05, 0) is 36.6 Å². The Morgan fingerprint density at radius 3 is 2.52 bits per heavy atom. The number of carbonyl (C=O) groups is 1. The molecule has 1 saturated heterocycles. The molecule has 0 saturated carbocycles. The fourth-order valence-corrected chi connectivity index (χ4v) is 2.83. The van der Waals surface area contributed by atoms with Crippen LogP contribution in [0.4, 0.5) is 8.78 Å². The average molecular weight is 287 g/mol. The molecule has 4 heteroatoms. The van der Waals surface area contributed by atoms with Gasteiger partial charge >= 0.3 is 0 Å². The summed E-state index contributed by atoms with van der Waals surface area (Å²) in [4.78, 5) is 14.3. The Bertz CT molecular complexity index is 657. The third-order valence-electron chi connectivity index (χ3n) is 3.86. The molecular formula is C17H15F2NO. The molecular weight excluding hydrogens is 272 g/mol. The largest absolute Gasteiger partial charge is 0.332 e. The molecule has 1 aliphatic heterocycles. The third-order valence-corrected chi connectivity index (χ3v) is 3.86. The summed E-state index contributed by atoms with van der Waals surface area (Å²) >= 11 is 0. The van der Waals surface area contributed by atoms with Crippen molar-refractivity contribution in [3.8, 4) is 0 Å². The Kier molecular flexibility index (Phi) is 3.69. The lowest BCUT2D eigenvalue weighted by atomic mass is 10.0. The molecule has 0 bridgehead atoms. The smallest absolute Gasteiger partial charge is 0.254 e. The van der Waals surface area contributed by atoms with Crippen molar-refractivity contribution in [3.05, 3.63) is 71.3 Å². The number of amides is 1. The first-order valence-electron chi connectivity index (χ1n) is 6.98. The summed E-state index contributed by atoms with van der Waals surface area (Å²) in [6.07, 6.45) is 1.80. The van der Waals surface area contributed by atoms with Crippen LogP contribution < -0.4 is 0 Å². The van der Waals surface area contributed by atoms with Crippen LogP contribution in [0.15, 0.2) is 48.5 Å². The number of benzene rings is 2. The van der Waals surface area contributed by atoms with Gasteiger partial charge in [-0.3, -0.25) is 4.79 Å². The van der Waals surface area contributed by atoms with Gasteiger partial charge in [-0.25, -0.2) is 8.78 Å². The second kappa shape index (κ2) is 5.64. The van der Waals surface area contributed by atoms with Crippen molar-refractivity contribution in [1.82, 2.24) is 4.90 Å². The molecule has 0 radical (unpaired) electrons. The van der Waals surface area contributed by atoms with Gasteiger partial charge in [0.1, 0.15) is 0 Å². The number of likely N-dealkylation sites (tertiary alicyclic amines) is 1. The minimum Gasteiger partial charge on any atom is -0.332 e. The summed E-state index contributed by atoms with van der Waals surface area (Å²) in [6, 6.07) is 13.1. The van der Waals surface area contributed by atoms with E-state index < -0.39 is 11.6 Å². The molecule has 1 unspecified atom stereocenters. The Labute approximate surface area is 122 Å². The maximum absolute atomic E-state index is 13.3. The molecule has 0 aromatic heterocycles. The van der Waals surface area contributed by atoms with Crippen LogP contribution in [0.3, 0.4) is 0 Å². The molecule has 1 heterocycles. The van der Waals surface area contributed by atoms with Crippen LogP contribution in [-0.4, -0.2) is 17.4 Å². The van der Waals surface area contributed by atoms with E-state index in [1.54, 1.807) is 4.90 Å². The lowest BCUT2D eigenvalue weighted by Gasteiger charge is -2.25. The summed E-state index contributed by atoms with van der Waals surface area (Å²) in [6.45, 7) is 0.636. The number of nitrogens with zero attached hydrogens (tertiary/aromatic N) is 1. The van der Waals surface area contributed by atoms with E-state index in [-0.39, 0.29) is 17.5 Å². The van der Waals surface area contributed by atoms with E-state index in [2.05, 4.69) is 0 Å². The van der Waals surface area contributed by atoms with Gasteiger partial charge in [0.05, 0.1) is 6.04 Å². The van der Waals surface area contributed by atoms with Crippen molar-refractivity contribution in [1.29, 1.82) is 0 Å². The zero-order valence-electron chi connectivity index (χ0n) is 11.4. The molecule has 3 rings (SSSR count). The number of hydrogen-bond acceptors (Lipinski definition) is 1. The minimum atomic E-state index is -0.990. The number of halogens is 2. The zero-order chi connectivity index (χ0) is 14.8. The highest BCUT2D eigenvalue weighted by Crippen LogP contribution is 2.33. The van der Waals surface area contributed by atoms with Gasteiger partial charge in [0, 0.05) is 12.1 Å². The SMILES string of the molecule is O=C(c1ccc(F)c(F)c1)N1CCCC1c1ccccc1. The standard InChI is InChI=1S/C17H15F2NO/c18-14-9-8-13(11-15(14)19)17(21)20-10-4-7-16(20)12-5-2-1-3-6-12/h1-3,5-6,8-9,11,16H,4,7,10H2. The van der Waals surface area contributed by atoms with Gasteiger partial charge in [-0.2, -0.15) is 0 Å². The predicted molar refractivity (Wildman–Crippen MR) is 75.8 cm³/mol. The molecule has 1 atom stereocenters. The molecule has 2 aromatic rings. The Balaban J connectivity index is 1.88. The van der Waals surface area contributed by atoms with Gasteiger partial charge in [0.25, 0.3) is 5.91 Å². The quantitative estimate of drug-likeness (QED) is 0.819. The van der Waals surface area contributed by atoms with Crippen molar-refractivity contribution in [2.75, 3.05) is 6.54 Å². The van der Waals surface area contributed by atoms with E-state index in [0.717, 1.165) is 30.5 Å². The van der Waals surface area contributed by atoms with Gasteiger partial charge in [-0.15, -0.1) is 0 Å². The van der Waals surface area contributed by atoms with Gasteiger partial charge in [0.15, 0.2) is 11.6 Å². The fraction of sp³-hybridized carbons (Fsp3) is 0.235. The maximum Gasteiger partial charge on any atom is 0.254 e. The van der Waals surface area contributed by atoms with E-state index in [0.29, 0.717) is 6.54 Å². The van der Waals surface area contributed by atoms with Crippen LogP contribution in [0.25, 0.3) is 0 Å². The van der Waals surface area contributed by atoms with E-state index in [4.69, 9.17) is 0 Å². The van der Waals surface area contributed by atoms with E-state index in [1.807, 2.05) is 30.3 Å². The van der Waals surface area contributed by atoms with Crippen LogP contribution in [0, 0.1) is 11.6 Å². The molecule has 1 fully saturated rings. The summed E-state index contributed by atoms with van der Waals surface area (Å²) in [7, 11) is 0. The highest BCUT2D eigenvalue weighted by molar-refractivity contribution is 5.94. The zero-order valence-corrected chi connectivity index (χ0v) is 11.4. The second-order valence-electron chi connectivity index (χ2n) is 5.20. The molecule has 21 heavy (non-hydrogen) atoms. The van der Waals surface area contributed by atoms with Gasteiger partial charge in [-0.1, -0.05) is 30.3 Å². The molecule has 0 aliphatic carbocycles. The molecule has 2 aromatic carbocycles. The van der Waals surface area contributed by atoms with Gasteiger partial charge in [0.2, 0.25) is 0 Å². The molecule has 0 N–H and O–H groups in total. The summed E-state index contributed by atoms with van der Waals surface area (Å²) in [5.74, 6) is -2.18. The Morgan fingerprint density at radius 1 is 1.05 bits per heavy atom. The number of carbonyl (C=O) groups excluding carboxylic acids is 1. The van der Waals surface area contributed by atoms with Crippen LogP contribution >= 0.6 is 0 Å². The van der Waals surface area contributed by atoms with Crippen LogP contribution in [0.1, 0.15) is 34.8 Å². The Hall–Kier alpha value is -2.23. The number of hydrogen-bond donors (Lipinski definition) is 0. The highest BCUT2D eigenvalue weighted by atomic mass is 19.2. The van der Waals surface area contributed by atoms with E-state index >= 15 is 0 Å². The fourth-order valence-electron chi connectivity index (χ4n) is 2.83. The first kappa shape index (κ1) is 13.7. The van der Waals surface area contributed by atoms with Crippen LogP contribution in [0.2, 0.25) is 0 Å². The Morgan fingerprint density at radius 2 is 1.81 bits per heavy atom. The van der Waals surface area contributed by atoms with Crippen molar-refractivity contribution in [2.45, 2.75) is 18.9 Å². The molecule has 0 spiro atoms.